The van der Waals surface area contributed by atoms with Gasteiger partial charge < -0.3 is 9.47 Å². The minimum Gasteiger partial charge on any atom is -0.491 e. The number of hydrogen-bond acceptors (Lipinski definition) is 2. The molecule has 2 heteroatoms. The van der Waals surface area contributed by atoms with Gasteiger partial charge in [-0.3, -0.25) is 0 Å². The molecule has 0 saturated carbocycles. The van der Waals surface area contributed by atoms with Gasteiger partial charge in [-0.15, -0.1) is 0 Å². The summed E-state index contributed by atoms with van der Waals surface area (Å²) in [6.07, 6.45) is 0. The topological polar surface area (TPSA) is 18.5 Å². The van der Waals surface area contributed by atoms with Crippen molar-refractivity contribution in [1.82, 2.24) is 0 Å². The Hall–Kier alpha value is -2.58. The van der Waals surface area contributed by atoms with E-state index in [2.05, 4.69) is 111 Å². The summed E-state index contributed by atoms with van der Waals surface area (Å²) in [5, 5.41) is 0. The summed E-state index contributed by atoms with van der Waals surface area (Å²) >= 11 is 0. The summed E-state index contributed by atoms with van der Waals surface area (Å²) in [5.74, 6) is 0.888. The standard InChI is InChI=1S/C34H44O2/c1-11-35-16-17-36-25-14-12-24(13-15-25)34(10)30-20-28(32(4,5)6)22(2)18-26(30)27-19-23(3)29(21-31(27)34)33(7,8)9/h12-15,18-21H,11,16-17H2,1-10H3. The lowest BCUT2D eigenvalue weighted by Gasteiger charge is -2.32. The fraction of sp³-hybridized carbons (Fsp3) is 0.471. The van der Waals surface area contributed by atoms with Gasteiger partial charge >= 0.3 is 0 Å². The van der Waals surface area contributed by atoms with Gasteiger partial charge in [0.25, 0.3) is 0 Å². The van der Waals surface area contributed by atoms with Crippen LogP contribution in [0.2, 0.25) is 0 Å². The Morgan fingerprint density at radius 2 is 1.17 bits per heavy atom. The molecule has 192 valence electrons. The number of rotatable bonds is 6. The van der Waals surface area contributed by atoms with E-state index in [1.807, 2.05) is 6.92 Å². The Labute approximate surface area is 219 Å². The van der Waals surface area contributed by atoms with Crippen molar-refractivity contribution in [2.45, 2.75) is 85.5 Å². The van der Waals surface area contributed by atoms with Crippen molar-refractivity contribution < 1.29 is 9.47 Å². The van der Waals surface area contributed by atoms with E-state index in [1.165, 1.54) is 50.1 Å². The Morgan fingerprint density at radius 1 is 0.694 bits per heavy atom. The average Bonchev–Trinajstić information content (AvgIpc) is 3.02. The van der Waals surface area contributed by atoms with Crippen molar-refractivity contribution in [2.24, 2.45) is 0 Å². The number of aryl methyl sites for hydroxylation is 2. The maximum Gasteiger partial charge on any atom is 0.119 e. The molecule has 1 aliphatic carbocycles. The fourth-order valence-electron chi connectivity index (χ4n) is 6.01. The van der Waals surface area contributed by atoms with Crippen molar-refractivity contribution in [2.75, 3.05) is 19.8 Å². The van der Waals surface area contributed by atoms with E-state index in [0.29, 0.717) is 19.8 Å². The maximum absolute atomic E-state index is 5.93. The van der Waals surface area contributed by atoms with Gasteiger partial charge in [0.15, 0.2) is 0 Å². The highest BCUT2D eigenvalue weighted by molar-refractivity contribution is 5.85. The van der Waals surface area contributed by atoms with Gasteiger partial charge in [-0.25, -0.2) is 0 Å². The number of ether oxygens (including phenoxy) is 2. The smallest absolute Gasteiger partial charge is 0.119 e. The zero-order valence-electron chi connectivity index (χ0n) is 24.1. The molecule has 0 amide bonds. The predicted molar refractivity (Wildman–Crippen MR) is 153 cm³/mol. The third-order valence-electron chi connectivity index (χ3n) is 7.84. The Kier molecular flexibility index (Phi) is 6.90. The van der Waals surface area contributed by atoms with Crippen LogP contribution in [0.3, 0.4) is 0 Å². The Morgan fingerprint density at radius 3 is 1.58 bits per heavy atom. The molecule has 0 atom stereocenters. The van der Waals surface area contributed by atoms with E-state index < -0.39 is 0 Å². The minimum atomic E-state index is -0.240. The van der Waals surface area contributed by atoms with E-state index in [0.717, 1.165) is 5.75 Å². The lowest BCUT2D eigenvalue weighted by atomic mass is 9.71. The molecule has 0 fully saturated rings. The summed E-state index contributed by atoms with van der Waals surface area (Å²) in [6, 6.07) is 18.6. The Balaban J connectivity index is 1.91. The van der Waals surface area contributed by atoms with Crippen molar-refractivity contribution in [3.05, 3.63) is 87.5 Å². The van der Waals surface area contributed by atoms with Gasteiger partial charge in [-0.1, -0.05) is 77.9 Å². The molecule has 0 aromatic heterocycles. The van der Waals surface area contributed by atoms with Crippen LogP contribution in [0.15, 0.2) is 48.5 Å². The maximum atomic E-state index is 5.93. The zero-order chi connectivity index (χ0) is 26.5. The summed E-state index contributed by atoms with van der Waals surface area (Å²) in [6.45, 7) is 24.7. The highest BCUT2D eigenvalue weighted by Gasteiger charge is 2.42. The van der Waals surface area contributed by atoms with Crippen LogP contribution in [-0.2, 0) is 21.0 Å². The molecule has 0 radical (unpaired) electrons. The first-order chi connectivity index (χ1) is 16.8. The summed E-state index contributed by atoms with van der Waals surface area (Å²) in [4.78, 5) is 0. The SMILES string of the molecule is CCOCCOc1ccc(C2(C)c3cc(C(C)(C)C)c(C)cc3-c3cc(C)c(C(C)(C)C)cc32)cc1. The monoisotopic (exact) mass is 484 g/mol. The molecule has 0 saturated heterocycles. The largest absolute Gasteiger partial charge is 0.491 e. The van der Waals surface area contributed by atoms with Crippen molar-refractivity contribution in [3.63, 3.8) is 0 Å². The summed E-state index contributed by atoms with van der Waals surface area (Å²) < 4.78 is 11.4. The second kappa shape index (κ2) is 9.38. The normalized spacial score (nSPS) is 14.5. The molecule has 0 heterocycles. The molecule has 0 spiro atoms. The first kappa shape index (κ1) is 26.5. The number of fused-ring (bicyclic) bond motifs is 3. The quantitative estimate of drug-likeness (QED) is 0.326. The van der Waals surface area contributed by atoms with Crippen molar-refractivity contribution >= 4 is 0 Å². The molecule has 1 aliphatic rings. The molecule has 2 nitrogen and oxygen atoms in total. The van der Waals surface area contributed by atoms with Gasteiger partial charge in [0.1, 0.15) is 12.4 Å². The van der Waals surface area contributed by atoms with E-state index in [-0.39, 0.29) is 16.2 Å². The van der Waals surface area contributed by atoms with E-state index in [1.54, 1.807) is 0 Å². The number of hydrogen-bond donors (Lipinski definition) is 0. The van der Waals surface area contributed by atoms with E-state index in [9.17, 15) is 0 Å². The van der Waals surface area contributed by atoms with Crippen LogP contribution < -0.4 is 4.74 Å². The second-order valence-electron chi connectivity index (χ2n) is 12.6. The summed E-state index contributed by atoms with van der Waals surface area (Å²) in [7, 11) is 0. The molecule has 3 aromatic carbocycles. The zero-order valence-corrected chi connectivity index (χ0v) is 24.1. The lowest BCUT2D eigenvalue weighted by Crippen LogP contribution is -2.25. The molecular weight excluding hydrogens is 440 g/mol. The van der Waals surface area contributed by atoms with E-state index >= 15 is 0 Å². The van der Waals surface area contributed by atoms with Crippen LogP contribution in [-0.4, -0.2) is 19.8 Å². The second-order valence-corrected chi connectivity index (χ2v) is 12.6. The van der Waals surface area contributed by atoms with Crippen LogP contribution in [0.25, 0.3) is 11.1 Å². The molecule has 3 aromatic rings. The van der Waals surface area contributed by atoms with Gasteiger partial charge in [-0.05, 0) is 101 Å². The van der Waals surface area contributed by atoms with Crippen LogP contribution >= 0.6 is 0 Å². The van der Waals surface area contributed by atoms with Gasteiger partial charge in [0.05, 0.1) is 6.61 Å². The highest BCUT2D eigenvalue weighted by atomic mass is 16.5. The highest BCUT2D eigenvalue weighted by Crippen LogP contribution is 2.55. The molecule has 36 heavy (non-hydrogen) atoms. The van der Waals surface area contributed by atoms with Crippen LogP contribution in [0.4, 0.5) is 0 Å². The molecule has 0 N–H and O–H groups in total. The molecular formula is C34H44O2. The van der Waals surface area contributed by atoms with Crippen LogP contribution in [0.5, 0.6) is 5.75 Å². The predicted octanol–water partition coefficient (Wildman–Crippen LogP) is 8.65. The molecule has 0 unspecified atom stereocenters. The summed E-state index contributed by atoms with van der Waals surface area (Å²) in [5.41, 5.74) is 12.4. The number of benzene rings is 3. The third kappa shape index (κ3) is 4.61. The average molecular weight is 485 g/mol. The van der Waals surface area contributed by atoms with Crippen LogP contribution in [0.1, 0.15) is 94.3 Å². The van der Waals surface area contributed by atoms with Crippen LogP contribution in [0, 0.1) is 13.8 Å². The van der Waals surface area contributed by atoms with E-state index in [4.69, 9.17) is 9.47 Å². The molecule has 0 bridgehead atoms. The Bertz CT molecular complexity index is 1180. The lowest BCUT2D eigenvalue weighted by molar-refractivity contribution is 0.110. The first-order valence-electron chi connectivity index (χ1n) is 13.4. The van der Waals surface area contributed by atoms with Crippen molar-refractivity contribution in [3.8, 4) is 16.9 Å². The molecule has 4 rings (SSSR count). The van der Waals surface area contributed by atoms with Crippen molar-refractivity contribution in [1.29, 1.82) is 0 Å². The minimum absolute atomic E-state index is 0.0829. The van der Waals surface area contributed by atoms with Gasteiger partial charge in [0, 0.05) is 12.0 Å². The van der Waals surface area contributed by atoms with Gasteiger partial charge in [-0.2, -0.15) is 0 Å². The molecule has 0 aliphatic heterocycles. The fourth-order valence-corrected chi connectivity index (χ4v) is 6.01. The first-order valence-corrected chi connectivity index (χ1v) is 13.4. The van der Waals surface area contributed by atoms with Gasteiger partial charge in [0.2, 0.25) is 0 Å². The third-order valence-corrected chi connectivity index (χ3v) is 7.84.